The predicted molar refractivity (Wildman–Crippen MR) is 58.3 cm³/mol. The van der Waals surface area contributed by atoms with Crippen molar-refractivity contribution in [1.29, 1.82) is 0 Å². The summed E-state index contributed by atoms with van der Waals surface area (Å²) in [6.45, 7) is 6.70. The van der Waals surface area contributed by atoms with Crippen LogP contribution in [-0.4, -0.2) is 4.98 Å². The monoisotopic (exact) mass is 195 g/mol. The first-order valence-electron chi connectivity index (χ1n) is 5.55. The van der Waals surface area contributed by atoms with Gasteiger partial charge in [0.25, 0.3) is 0 Å². The Labute approximate surface area is 86.7 Å². The maximum absolute atomic E-state index is 5.02. The van der Waals surface area contributed by atoms with Crippen molar-refractivity contribution < 1.29 is 4.42 Å². The lowest BCUT2D eigenvalue weighted by molar-refractivity contribution is 0.433. The molecular weight excluding hydrogens is 174 g/mol. The van der Waals surface area contributed by atoms with Crippen molar-refractivity contribution in [2.24, 2.45) is 0 Å². The van der Waals surface area contributed by atoms with Crippen LogP contribution in [0, 0.1) is 0 Å². The Balaban J connectivity index is 2.35. The molecule has 1 heterocycles. The normalized spacial score (nSPS) is 11.9. The molecule has 1 aromatic heterocycles. The SMILES string of the molecule is CCCCCCC(C)(C)c1cocn1. The van der Waals surface area contributed by atoms with E-state index < -0.39 is 0 Å². The summed E-state index contributed by atoms with van der Waals surface area (Å²) in [6.07, 6.45) is 9.73. The molecule has 0 aliphatic rings. The maximum Gasteiger partial charge on any atom is 0.180 e. The molecule has 0 spiro atoms. The van der Waals surface area contributed by atoms with E-state index in [1.807, 2.05) is 0 Å². The molecule has 1 rings (SSSR count). The molecule has 0 bridgehead atoms. The van der Waals surface area contributed by atoms with Crippen LogP contribution >= 0.6 is 0 Å². The van der Waals surface area contributed by atoms with E-state index in [1.165, 1.54) is 38.5 Å². The first-order chi connectivity index (χ1) is 6.67. The Morgan fingerprint density at radius 3 is 2.64 bits per heavy atom. The highest BCUT2D eigenvalue weighted by Crippen LogP contribution is 2.27. The minimum atomic E-state index is 0.167. The Morgan fingerprint density at radius 1 is 1.29 bits per heavy atom. The van der Waals surface area contributed by atoms with Gasteiger partial charge in [0, 0.05) is 5.41 Å². The molecule has 0 saturated carbocycles. The van der Waals surface area contributed by atoms with Crippen LogP contribution in [0.4, 0.5) is 0 Å². The molecule has 0 amide bonds. The number of unbranched alkanes of at least 4 members (excludes halogenated alkanes) is 3. The molecule has 0 saturated heterocycles. The average molecular weight is 195 g/mol. The predicted octanol–water partition coefficient (Wildman–Crippen LogP) is 3.92. The van der Waals surface area contributed by atoms with E-state index in [1.54, 1.807) is 6.26 Å². The largest absolute Gasteiger partial charge is 0.451 e. The topological polar surface area (TPSA) is 26.0 Å². The van der Waals surface area contributed by atoms with Crippen molar-refractivity contribution in [3.05, 3.63) is 18.4 Å². The van der Waals surface area contributed by atoms with Crippen LogP contribution in [0.25, 0.3) is 0 Å². The van der Waals surface area contributed by atoms with Crippen LogP contribution in [0.5, 0.6) is 0 Å². The van der Waals surface area contributed by atoms with E-state index in [0.29, 0.717) is 0 Å². The third kappa shape index (κ3) is 3.17. The Hall–Kier alpha value is -0.790. The van der Waals surface area contributed by atoms with Gasteiger partial charge in [0.2, 0.25) is 0 Å². The fraction of sp³-hybridized carbons (Fsp3) is 0.750. The van der Waals surface area contributed by atoms with Gasteiger partial charge in [-0.05, 0) is 6.42 Å². The van der Waals surface area contributed by atoms with E-state index in [0.717, 1.165) is 5.69 Å². The Bertz CT molecular complexity index is 239. The minimum Gasteiger partial charge on any atom is -0.451 e. The highest BCUT2D eigenvalue weighted by Gasteiger charge is 2.22. The van der Waals surface area contributed by atoms with Crippen LogP contribution < -0.4 is 0 Å². The van der Waals surface area contributed by atoms with Gasteiger partial charge in [0.15, 0.2) is 6.39 Å². The molecule has 80 valence electrons. The zero-order valence-corrected chi connectivity index (χ0v) is 9.55. The second-order valence-electron chi connectivity index (χ2n) is 4.57. The lowest BCUT2D eigenvalue weighted by Gasteiger charge is -2.21. The summed E-state index contributed by atoms with van der Waals surface area (Å²) in [6, 6.07) is 0. The quantitative estimate of drug-likeness (QED) is 0.643. The number of hydrogen-bond donors (Lipinski definition) is 0. The summed E-state index contributed by atoms with van der Waals surface area (Å²) in [5.41, 5.74) is 1.25. The van der Waals surface area contributed by atoms with E-state index in [9.17, 15) is 0 Å². The second kappa shape index (κ2) is 5.18. The number of oxazole rings is 1. The standard InChI is InChI=1S/C12H21NO/c1-4-5-6-7-8-12(2,3)11-9-14-10-13-11/h9-10H,4-8H2,1-3H3. The fourth-order valence-electron chi connectivity index (χ4n) is 1.67. The lowest BCUT2D eigenvalue weighted by Crippen LogP contribution is -2.17. The van der Waals surface area contributed by atoms with Crippen LogP contribution in [0.1, 0.15) is 58.6 Å². The summed E-state index contributed by atoms with van der Waals surface area (Å²) in [4.78, 5) is 4.22. The second-order valence-corrected chi connectivity index (χ2v) is 4.57. The van der Waals surface area contributed by atoms with Crippen LogP contribution in [0.2, 0.25) is 0 Å². The van der Waals surface area contributed by atoms with Crippen molar-refractivity contribution in [2.75, 3.05) is 0 Å². The number of nitrogens with zero attached hydrogens (tertiary/aromatic N) is 1. The molecule has 2 nitrogen and oxygen atoms in total. The fourth-order valence-corrected chi connectivity index (χ4v) is 1.67. The van der Waals surface area contributed by atoms with E-state index in [-0.39, 0.29) is 5.41 Å². The maximum atomic E-state index is 5.02. The molecule has 0 N–H and O–H groups in total. The molecule has 2 heteroatoms. The number of hydrogen-bond acceptors (Lipinski definition) is 2. The van der Waals surface area contributed by atoms with E-state index in [4.69, 9.17) is 4.42 Å². The average Bonchev–Trinajstić information content (AvgIpc) is 2.65. The molecule has 14 heavy (non-hydrogen) atoms. The molecule has 1 aromatic rings. The van der Waals surface area contributed by atoms with Crippen LogP contribution in [-0.2, 0) is 5.41 Å². The molecular formula is C12H21NO. The summed E-state index contributed by atoms with van der Waals surface area (Å²) in [7, 11) is 0. The Morgan fingerprint density at radius 2 is 2.07 bits per heavy atom. The summed E-state index contributed by atoms with van der Waals surface area (Å²) in [5, 5.41) is 0. The first kappa shape index (κ1) is 11.3. The van der Waals surface area contributed by atoms with E-state index >= 15 is 0 Å². The van der Waals surface area contributed by atoms with Gasteiger partial charge in [-0.25, -0.2) is 4.98 Å². The van der Waals surface area contributed by atoms with Crippen molar-refractivity contribution in [3.8, 4) is 0 Å². The van der Waals surface area contributed by atoms with Crippen LogP contribution in [0.3, 0.4) is 0 Å². The van der Waals surface area contributed by atoms with Crippen molar-refractivity contribution in [3.63, 3.8) is 0 Å². The molecule has 0 fully saturated rings. The first-order valence-corrected chi connectivity index (χ1v) is 5.55. The zero-order valence-electron chi connectivity index (χ0n) is 9.55. The highest BCUT2D eigenvalue weighted by atomic mass is 16.3. The van der Waals surface area contributed by atoms with Crippen molar-refractivity contribution in [1.82, 2.24) is 4.98 Å². The number of rotatable bonds is 6. The van der Waals surface area contributed by atoms with Gasteiger partial charge >= 0.3 is 0 Å². The van der Waals surface area contributed by atoms with Gasteiger partial charge in [0.05, 0.1) is 5.69 Å². The van der Waals surface area contributed by atoms with Crippen molar-refractivity contribution >= 4 is 0 Å². The molecule has 0 aromatic carbocycles. The summed E-state index contributed by atoms with van der Waals surface area (Å²) in [5.74, 6) is 0. The van der Waals surface area contributed by atoms with Gasteiger partial charge in [-0.2, -0.15) is 0 Å². The zero-order chi connectivity index (χ0) is 10.4. The third-order valence-corrected chi connectivity index (χ3v) is 2.78. The minimum absolute atomic E-state index is 0.167. The molecule has 0 radical (unpaired) electrons. The molecule has 0 atom stereocenters. The molecule has 0 unspecified atom stereocenters. The highest BCUT2D eigenvalue weighted by molar-refractivity contribution is 5.07. The third-order valence-electron chi connectivity index (χ3n) is 2.78. The smallest absolute Gasteiger partial charge is 0.180 e. The van der Waals surface area contributed by atoms with Gasteiger partial charge in [-0.3, -0.25) is 0 Å². The van der Waals surface area contributed by atoms with Crippen molar-refractivity contribution in [2.45, 2.75) is 58.3 Å². The van der Waals surface area contributed by atoms with Gasteiger partial charge in [-0.1, -0.05) is 46.5 Å². The van der Waals surface area contributed by atoms with E-state index in [2.05, 4.69) is 25.8 Å². The summed E-state index contributed by atoms with van der Waals surface area (Å²) < 4.78 is 5.02. The number of aromatic nitrogens is 1. The summed E-state index contributed by atoms with van der Waals surface area (Å²) >= 11 is 0. The van der Waals surface area contributed by atoms with Gasteiger partial charge in [0.1, 0.15) is 6.26 Å². The van der Waals surface area contributed by atoms with Gasteiger partial charge < -0.3 is 4.42 Å². The van der Waals surface area contributed by atoms with Crippen LogP contribution in [0.15, 0.2) is 17.1 Å². The molecule has 0 aliphatic heterocycles. The lowest BCUT2D eigenvalue weighted by atomic mass is 9.84. The van der Waals surface area contributed by atoms with Gasteiger partial charge in [-0.15, -0.1) is 0 Å². The molecule has 0 aliphatic carbocycles. The Kier molecular flexibility index (Phi) is 4.18.